The second-order valence-corrected chi connectivity index (χ2v) is 8.26. The zero-order chi connectivity index (χ0) is 21.8. The molecule has 1 amide bonds. The van der Waals surface area contributed by atoms with E-state index in [4.69, 9.17) is 9.47 Å². The maximum absolute atomic E-state index is 12.4. The molecule has 3 aromatic rings. The highest BCUT2D eigenvalue weighted by atomic mass is 16.7. The predicted molar refractivity (Wildman–Crippen MR) is 124 cm³/mol. The number of anilines is 1. The van der Waals surface area contributed by atoms with Gasteiger partial charge >= 0.3 is 0 Å². The van der Waals surface area contributed by atoms with Crippen LogP contribution in [0.25, 0.3) is 0 Å². The Labute approximate surface area is 188 Å². The van der Waals surface area contributed by atoms with Crippen LogP contribution >= 0.6 is 0 Å². The van der Waals surface area contributed by atoms with E-state index in [0.717, 1.165) is 56.5 Å². The fourth-order valence-electron chi connectivity index (χ4n) is 4.15. The van der Waals surface area contributed by atoms with Crippen molar-refractivity contribution in [1.29, 1.82) is 0 Å². The van der Waals surface area contributed by atoms with Crippen LogP contribution in [0.4, 0.5) is 5.69 Å². The van der Waals surface area contributed by atoms with Crippen molar-refractivity contribution >= 4 is 11.6 Å². The van der Waals surface area contributed by atoms with Crippen LogP contribution in [0.1, 0.15) is 21.5 Å². The molecule has 6 nitrogen and oxygen atoms in total. The van der Waals surface area contributed by atoms with Gasteiger partial charge in [-0.25, -0.2) is 0 Å². The molecule has 0 radical (unpaired) electrons. The molecular formula is C26H27N3O3. The van der Waals surface area contributed by atoms with Crippen molar-refractivity contribution in [3.8, 4) is 11.5 Å². The van der Waals surface area contributed by atoms with Crippen LogP contribution in [0, 0.1) is 0 Å². The molecule has 1 fully saturated rings. The van der Waals surface area contributed by atoms with E-state index < -0.39 is 0 Å². The van der Waals surface area contributed by atoms with E-state index in [1.54, 1.807) is 0 Å². The smallest absolute Gasteiger partial charge is 0.255 e. The molecule has 3 aromatic carbocycles. The maximum Gasteiger partial charge on any atom is 0.255 e. The summed E-state index contributed by atoms with van der Waals surface area (Å²) in [4.78, 5) is 17.4. The Morgan fingerprint density at radius 3 is 2.09 bits per heavy atom. The summed E-state index contributed by atoms with van der Waals surface area (Å²) >= 11 is 0. The number of para-hydroxylation sites is 1. The zero-order valence-corrected chi connectivity index (χ0v) is 18.0. The largest absolute Gasteiger partial charge is 0.454 e. The number of amides is 1. The van der Waals surface area contributed by atoms with E-state index >= 15 is 0 Å². The van der Waals surface area contributed by atoms with Crippen LogP contribution < -0.4 is 14.8 Å². The fourth-order valence-corrected chi connectivity index (χ4v) is 4.15. The van der Waals surface area contributed by atoms with E-state index in [9.17, 15) is 4.79 Å². The van der Waals surface area contributed by atoms with E-state index in [-0.39, 0.29) is 5.91 Å². The number of fused-ring (bicyclic) bond motifs is 1. The fraction of sp³-hybridized carbons (Fsp3) is 0.269. The third-order valence-electron chi connectivity index (χ3n) is 5.96. The van der Waals surface area contributed by atoms with Gasteiger partial charge in [0.05, 0.1) is 0 Å². The average Bonchev–Trinajstić information content (AvgIpc) is 3.29. The lowest BCUT2D eigenvalue weighted by molar-refractivity contribution is 0.102. The molecule has 6 heteroatoms. The molecule has 1 N–H and O–H groups in total. The molecule has 0 bridgehead atoms. The average molecular weight is 430 g/mol. The van der Waals surface area contributed by atoms with Gasteiger partial charge in [0, 0.05) is 50.5 Å². The monoisotopic (exact) mass is 429 g/mol. The summed E-state index contributed by atoms with van der Waals surface area (Å²) in [5.74, 6) is 1.60. The lowest BCUT2D eigenvalue weighted by Gasteiger charge is -2.34. The number of carbonyl (C=O) groups excluding carboxylic acids is 1. The number of carbonyl (C=O) groups is 1. The minimum Gasteiger partial charge on any atom is -0.454 e. The molecule has 2 aliphatic heterocycles. The van der Waals surface area contributed by atoms with E-state index in [1.165, 1.54) is 11.1 Å². The van der Waals surface area contributed by atoms with E-state index in [0.29, 0.717) is 12.4 Å². The molecule has 164 valence electrons. The summed E-state index contributed by atoms with van der Waals surface area (Å²) in [6.45, 7) is 6.27. The lowest BCUT2D eigenvalue weighted by atomic mass is 10.1. The summed E-state index contributed by atoms with van der Waals surface area (Å²) in [5.41, 5.74) is 3.96. The Bertz CT molecular complexity index is 1060. The molecule has 2 aliphatic rings. The van der Waals surface area contributed by atoms with Crippen LogP contribution in [0.15, 0.2) is 72.8 Å². The van der Waals surface area contributed by atoms with Gasteiger partial charge in [0.15, 0.2) is 11.5 Å². The van der Waals surface area contributed by atoms with Gasteiger partial charge in [0.25, 0.3) is 5.91 Å². The Balaban J connectivity index is 1.10. The number of hydrogen-bond donors (Lipinski definition) is 1. The summed E-state index contributed by atoms with van der Waals surface area (Å²) in [6, 6.07) is 23.7. The molecule has 0 aliphatic carbocycles. The summed E-state index contributed by atoms with van der Waals surface area (Å²) in [6.07, 6.45) is 0. The maximum atomic E-state index is 12.4. The molecule has 0 unspecified atom stereocenters. The Hall–Kier alpha value is -3.35. The summed E-state index contributed by atoms with van der Waals surface area (Å²) in [5, 5.41) is 2.93. The Morgan fingerprint density at radius 2 is 1.38 bits per heavy atom. The standard InChI is InChI=1S/C26H27N3O3/c30-26(27-23-4-2-1-3-5-23)22-9-6-20(7-10-22)17-28-12-14-29(15-13-28)18-21-8-11-24-25(16-21)32-19-31-24/h1-11,16H,12-15,17-19H2,(H,27,30). The number of nitrogens with zero attached hydrogens (tertiary/aromatic N) is 2. The Morgan fingerprint density at radius 1 is 0.750 bits per heavy atom. The van der Waals surface area contributed by atoms with Crippen molar-refractivity contribution in [2.75, 3.05) is 38.3 Å². The van der Waals surface area contributed by atoms with Crippen LogP contribution in [-0.4, -0.2) is 48.7 Å². The number of ether oxygens (including phenoxy) is 2. The quantitative estimate of drug-likeness (QED) is 0.642. The first kappa shape index (κ1) is 20.5. The highest BCUT2D eigenvalue weighted by Gasteiger charge is 2.19. The Kier molecular flexibility index (Phi) is 6.05. The van der Waals surface area contributed by atoms with Gasteiger partial charge in [-0.2, -0.15) is 0 Å². The molecule has 32 heavy (non-hydrogen) atoms. The van der Waals surface area contributed by atoms with Crippen LogP contribution in [0.2, 0.25) is 0 Å². The van der Waals surface area contributed by atoms with Gasteiger partial charge in [-0.3, -0.25) is 14.6 Å². The SMILES string of the molecule is O=C(Nc1ccccc1)c1ccc(CN2CCN(Cc3ccc4c(c3)OCO4)CC2)cc1. The van der Waals surface area contributed by atoms with Gasteiger partial charge in [-0.05, 0) is 47.5 Å². The van der Waals surface area contributed by atoms with Gasteiger partial charge in [0.1, 0.15) is 0 Å². The summed E-state index contributed by atoms with van der Waals surface area (Å²) < 4.78 is 10.9. The number of nitrogens with one attached hydrogen (secondary N) is 1. The number of benzene rings is 3. The molecule has 0 saturated carbocycles. The molecule has 5 rings (SSSR count). The third kappa shape index (κ3) is 4.93. The molecule has 1 saturated heterocycles. The van der Waals surface area contributed by atoms with Gasteiger partial charge in [-0.15, -0.1) is 0 Å². The van der Waals surface area contributed by atoms with E-state index in [2.05, 4.69) is 39.4 Å². The molecule has 0 atom stereocenters. The van der Waals surface area contributed by atoms with Crippen LogP contribution in [0.5, 0.6) is 11.5 Å². The van der Waals surface area contributed by atoms with Crippen molar-refractivity contribution in [1.82, 2.24) is 9.80 Å². The van der Waals surface area contributed by atoms with Crippen molar-refractivity contribution in [3.05, 3.63) is 89.5 Å². The number of rotatable bonds is 6. The summed E-state index contributed by atoms with van der Waals surface area (Å²) in [7, 11) is 0. The van der Waals surface area contributed by atoms with Crippen molar-refractivity contribution < 1.29 is 14.3 Å². The van der Waals surface area contributed by atoms with Crippen LogP contribution in [-0.2, 0) is 13.1 Å². The minimum atomic E-state index is -0.0834. The number of piperazine rings is 1. The molecule has 0 aromatic heterocycles. The highest BCUT2D eigenvalue weighted by Crippen LogP contribution is 2.32. The first-order chi connectivity index (χ1) is 15.7. The predicted octanol–water partition coefficient (Wildman–Crippen LogP) is 3.99. The second-order valence-electron chi connectivity index (χ2n) is 8.26. The lowest BCUT2D eigenvalue weighted by Crippen LogP contribution is -2.45. The van der Waals surface area contributed by atoms with Gasteiger partial charge in [-0.1, -0.05) is 36.4 Å². The number of hydrogen-bond acceptors (Lipinski definition) is 5. The minimum absolute atomic E-state index is 0.0834. The van der Waals surface area contributed by atoms with Crippen molar-refractivity contribution in [2.45, 2.75) is 13.1 Å². The van der Waals surface area contributed by atoms with Crippen molar-refractivity contribution in [2.24, 2.45) is 0 Å². The van der Waals surface area contributed by atoms with E-state index in [1.807, 2.05) is 48.5 Å². The second kappa shape index (κ2) is 9.42. The topological polar surface area (TPSA) is 54.0 Å². The normalized spacial score (nSPS) is 16.1. The van der Waals surface area contributed by atoms with Gasteiger partial charge in [0.2, 0.25) is 6.79 Å². The zero-order valence-electron chi connectivity index (χ0n) is 18.0. The molecule has 0 spiro atoms. The molecular weight excluding hydrogens is 402 g/mol. The molecule has 2 heterocycles. The van der Waals surface area contributed by atoms with Gasteiger partial charge < -0.3 is 14.8 Å². The first-order valence-corrected chi connectivity index (χ1v) is 11.0. The van der Waals surface area contributed by atoms with Crippen molar-refractivity contribution in [3.63, 3.8) is 0 Å². The highest BCUT2D eigenvalue weighted by molar-refractivity contribution is 6.04. The first-order valence-electron chi connectivity index (χ1n) is 11.0. The van der Waals surface area contributed by atoms with Crippen LogP contribution in [0.3, 0.4) is 0 Å². The third-order valence-corrected chi connectivity index (χ3v) is 5.96.